The zero-order valence-electron chi connectivity index (χ0n) is 11.0. The SMILES string of the molecule is CC(=O)Nc1[c-]cc2nc(C(C)(C)C)oc2c1.[Y+3]. The Bertz CT molecular complexity index is 570. The number of hydrogen-bond donors (Lipinski definition) is 1. The van der Waals surface area contributed by atoms with E-state index in [0.29, 0.717) is 17.2 Å². The molecule has 1 aromatic carbocycles. The van der Waals surface area contributed by atoms with Crippen LogP contribution in [0.4, 0.5) is 5.69 Å². The number of carbonyl (C=O) groups is 1. The maximum absolute atomic E-state index is 10.9. The van der Waals surface area contributed by atoms with Gasteiger partial charge in [-0.1, -0.05) is 26.5 Å². The van der Waals surface area contributed by atoms with Crippen LogP contribution < -0.4 is 5.32 Å². The number of fused-ring (bicyclic) bond motifs is 1. The second-order valence-electron chi connectivity index (χ2n) is 5.05. The molecule has 1 heterocycles. The molecule has 0 spiro atoms. The Morgan fingerprint density at radius 3 is 2.67 bits per heavy atom. The monoisotopic (exact) mass is 320 g/mol. The summed E-state index contributed by atoms with van der Waals surface area (Å²) in [5, 5.41) is 2.66. The molecule has 5 heteroatoms. The van der Waals surface area contributed by atoms with Gasteiger partial charge in [0, 0.05) is 17.9 Å². The van der Waals surface area contributed by atoms with Crippen LogP contribution in [0.5, 0.6) is 0 Å². The average molecular weight is 320 g/mol. The zero-order chi connectivity index (χ0) is 12.6. The number of nitrogens with zero attached hydrogens (tertiary/aromatic N) is 1. The van der Waals surface area contributed by atoms with E-state index >= 15 is 0 Å². The van der Waals surface area contributed by atoms with Crippen LogP contribution in [-0.4, -0.2) is 10.9 Å². The van der Waals surface area contributed by atoms with Gasteiger partial charge in [-0.15, -0.1) is 12.1 Å². The molecule has 0 fully saturated rings. The molecule has 2 aromatic rings. The zero-order valence-corrected chi connectivity index (χ0v) is 13.8. The van der Waals surface area contributed by atoms with Gasteiger partial charge in [0.2, 0.25) is 5.91 Å². The fourth-order valence-corrected chi connectivity index (χ4v) is 1.45. The second kappa shape index (κ2) is 5.49. The van der Waals surface area contributed by atoms with Crippen molar-refractivity contribution < 1.29 is 41.9 Å². The third-order valence-electron chi connectivity index (χ3n) is 2.27. The molecule has 4 nitrogen and oxygen atoms in total. The summed E-state index contributed by atoms with van der Waals surface area (Å²) in [7, 11) is 0. The van der Waals surface area contributed by atoms with Gasteiger partial charge < -0.3 is 9.73 Å². The summed E-state index contributed by atoms with van der Waals surface area (Å²) in [6, 6.07) is 6.41. The van der Waals surface area contributed by atoms with Crippen LogP contribution in [0.15, 0.2) is 16.5 Å². The molecule has 0 aliphatic carbocycles. The number of benzene rings is 1. The molecule has 0 atom stereocenters. The predicted molar refractivity (Wildman–Crippen MR) is 65.8 cm³/mol. The van der Waals surface area contributed by atoms with Crippen LogP contribution in [0, 0.1) is 6.07 Å². The van der Waals surface area contributed by atoms with Gasteiger partial charge >= 0.3 is 32.7 Å². The van der Waals surface area contributed by atoms with E-state index in [2.05, 4.69) is 16.4 Å². The quantitative estimate of drug-likeness (QED) is 0.822. The number of oxazole rings is 1. The van der Waals surface area contributed by atoms with Crippen molar-refractivity contribution in [2.24, 2.45) is 0 Å². The van der Waals surface area contributed by atoms with Crippen LogP contribution >= 0.6 is 0 Å². The summed E-state index contributed by atoms with van der Waals surface area (Å²) in [6.45, 7) is 7.57. The summed E-state index contributed by atoms with van der Waals surface area (Å²) in [4.78, 5) is 15.3. The second-order valence-corrected chi connectivity index (χ2v) is 5.05. The van der Waals surface area contributed by atoms with E-state index in [1.807, 2.05) is 20.8 Å². The van der Waals surface area contributed by atoms with Gasteiger partial charge in [-0.05, 0) is 5.52 Å². The molecular weight excluding hydrogens is 305 g/mol. The first-order valence-corrected chi connectivity index (χ1v) is 5.46. The van der Waals surface area contributed by atoms with Gasteiger partial charge in [0.1, 0.15) is 0 Å². The maximum Gasteiger partial charge on any atom is 3.00 e. The fraction of sp³-hybridized carbons (Fsp3) is 0.385. The van der Waals surface area contributed by atoms with Crippen LogP contribution in [-0.2, 0) is 42.9 Å². The third-order valence-corrected chi connectivity index (χ3v) is 2.27. The number of hydrogen-bond acceptors (Lipinski definition) is 3. The van der Waals surface area contributed by atoms with Gasteiger partial charge in [0.25, 0.3) is 0 Å². The first-order valence-electron chi connectivity index (χ1n) is 5.46. The first-order chi connectivity index (χ1) is 7.86. The molecule has 0 aliphatic heterocycles. The largest absolute Gasteiger partial charge is 3.00 e. The molecule has 2 rings (SSSR count). The van der Waals surface area contributed by atoms with Crippen LogP contribution in [0.2, 0.25) is 0 Å². The number of carbonyl (C=O) groups excluding carboxylic acids is 1. The van der Waals surface area contributed by atoms with Gasteiger partial charge in [-0.2, -0.15) is 6.07 Å². The van der Waals surface area contributed by atoms with E-state index in [0.717, 1.165) is 5.52 Å². The van der Waals surface area contributed by atoms with Gasteiger partial charge in [0.15, 0.2) is 5.89 Å². The van der Waals surface area contributed by atoms with E-state index in [1.54, 1.807) is 12.1 Å². The standard InChI is InChI=1S/C13H15N2O2.Y/c1-8(16)14-9-5-6-10-11(7-9)17-12(15-10)13(2,3)4;/h6-7H,1-4H3,(H,14,16);/q-1;+3. The van der Waals surface area contributed by atoms with Gasteiger partial charge in [-0.3, -0.25) is 9.78 Å². The Hall–Kier alpha value is -0.736. The molecule has 1 amide bonds. The van der Waals surface area contributed by atoms with Crippen molar-refractivity contribution >= 4 is 22.7 Å². The van der Waals surface area contributed by atoms with E-state index in [1.165, 1.54) is 6.92 Å². The van der Waals surface area contributed by atoms with Crippen LogP contribution in [0.3, 0.4) is 0 Å². The van der Waals surface area contributed by atoms with Crippen molar-refractivity contribution in [2.75, 3.05) is 5.32 Å². The smallest absolute Gasteiger partial charge is 0.467 e. The van der Waals surface area contributed by atoms with Crippen molar-refractivity contribution in [3.63, 3.8) is 0 Å². The average Bonchev–Trinajstić information content (AvgIpc) is 2.58. The van der Waals surface area contributed by atoms with E-state index in [9.17, 15) is 4.79 Å². The fourth-order valence-electron chi connectivity index (χ4n) is 1.45. The normalized spacial score (nSPS) is 11.1. The molecular formula is C13H15N2O2Y+2. The van der Waals surface area contributed by atoms with Gasteiger partial charge in [-0.25, -0.2) is 0 Å². The van der Waals surface area contributed by atoms with Crippen molar-refractivity contribution in [1.82, 2.24) is 4.98 Å². The van der Waals surface area contributed by atoms with Crippen LogP contribution in [0.25, 0.3) is 11.1 Å². The maximum atomic E-state index is 10.9. The number of nitrogens with one attached hydrogen (secondary N) is 1. The minimum Gasteiger partial charge on any atom is -0.467 e. The summed E-state index contributed by atoms with van der Waals surface area (Å²) in [5.41, 5.74) is 1.88. The Balaban J connectivity index is 0.00000162. The Morgan fingerprint density at radius 1 is 1.44 bits per heavy atom. The minimum atomic E-state index is -0.132. The number of anilines is 1. The van der Waals surface area contributed by atoms with Crippen molar-refractivity contribution in [1.29, 1.82) is 0 Å². The minimum absolute atomic E-state index is 0. The summed E-state index contributed by atoms with van der Waals surface area (Å²) in [6.07, 6.45) is 0. The molecule has 0 aliphatic rings. The molecule has 18 heavy (non-hydrogen) atoms. The predicted octanol–water partition coefficient (Wildman–Crippen LogP) is 2.88. The number of amides is 1. The molecule has 0 saturated heterocycles. The summed E-state index contributed by atoms with van der Waals surface area (Å²) < 4.78 is 5.67. The van der Waals surface area contributed by atoms with Crippen molar-refractivity contribution in [3.05, 3.63) is 24.1 Å². The topological polar surface area (TPSA) is 55.1 Å². The molecule has 1 aromatic heterocycles. The Morgan fingerprint density at radius 2 is 2.11 bits per heavy atom. The third kappa shape index (κ3) is 3.39. The molecule has 0 unspecified atom stereocenters. The van der Waals surface area contributed by atoms with Gasteiger partial charge in [0.05, 0.1) is 0 Å². The number of aromatic nitrogens is 1. The molecule has 1 N–H and O–H groups in total. The summed E-state index contributed by atoms with van der Waals surface area (Å²) in [5.74, 6) is 0.553. The molecule has 90 valence electrons. The van der Waals surface area contributed by atoms with E-state index in [-0.39, 0.29) is 44.0 Å². The Kier molecular flexibility index (Phi) is 4.68. The van der Waals surface area contributed by atoms with E-state index < -0.39 is 0 Å². The molecule has 0 bridgehead atoms. The van der Waals surface area contributed by atoms with Crippen molar-refractivity contribution in [3.8, 4) is 0 Å². The van der Waals surface area contributed by atoms with Crippen molar-refractivity contribution in [2.45, 2.75) is 33.1 Å². The molecule has 0 saturated carbocycles. The van der Waals surface area contributed by atoms with E-state index in [4.69, 9.17) is 4.42 Å². The summed E-state index contributed by atoms with van der Waals surface area (Å²) >= 11 is 0. The molecule has 0 radical (unpaired) electrons. The van der Waals surface area contributed by atoms with Crippen LogP contribution in [0.1, 0.15) is 33.6 Å². The Labute approximate surface area is 131 Å². The number of rotatable bonds is 1. The first kappa shape index (κ1) is 15.3.